The number of hydrogen-bond donors (Lipinski definition) is 4. The highest BCUT2D eigenvalue weighted by molar-refractivity contribution is 7.99. The van der Waals surface area contributed by atoms with Gasteiger partial charge in [0.05, 0.1) is 17.2 Å². The van der Waals surface area contributed by atoms with Gasteiger partial charge >= 0.3 is 5.97 Å². The molecule has 1 saturated carbocycles. The fourth-order valence-corrected chi connectivity index (χ4v) is 5.17. The Kier molecular flexibility index (Phi) is 7.12. The van der Waals surface area contributed by atoms with Gasteiger partial charge in [0.2, 0.25) is 0 Å². The van der Waals surface area contributed by atoms with Gasteiger partial charge in [-0.3, -0.25) is 15.0 Å². The number of nitrogens with zero attached hydrogens (tertiary/aromatic N) is 3. The Hall–Kier alpha value is -3.14. The van der Waals surface area contributed by atoms with Crippen molar-refractivity contribution in [3.05, 3.63) is 41.5 Å². The summed E-state index contributed by atoms with van der Waals surface area (Å²) in [5.41, 5.74) is 7.99. The summed E-state index contributed by atoms with van der Waals surface area (Å²) >= 11 is 1.88. The van der Waals surface area contributed by atoms with Crippen LogP contribution in [0.4, 0.5) is 5.82 Å². The number of nitrogen functional groups attached to an aromatic ring is 1. The molecule has 1 amide bonds. The van der Waals surface area contributed by atoms with Gasteiger partial charge in [-0.25, -0.2) is 0 Å². The minimum absolute atomic E-state index is 0.0105. The molecule has 174 valence electrons. The normalized spacial score (nSPS) is 20.8. The van der Waals surface area contributed by atoms with Gasteiger partial charge < -0.3 is 21.1 Å². The van der Waals surface area contributed by atoms with E-state index in [0.29, 0.717) is 48.3 Å². The number of amidine groups is 1. The average molecular weight is 469 g/mol. The fourth-order valence-electron chi connectivity index (χ4n) is 4.27. The number of nitrogens with one attached hydrogen (secondary N) is 2. The van der Waals surface area contributed by atoms with E-state index in [-0.39, 0.29) is 23.7 Å². The maximum atomic E-state index is 13.3. The lowest BCUT2D eigenvalue weighted by molar-refractivity contribution is -0.142. The largest absolute Gasteiger partial charge is 0.481 e. The number of hydrogen-bond acceptors (Lipinski definition) is 7. The smallest absolute Gasteiger partial charge is 0.306 e. The van der Waals surface area contributed by atoms with Crippen LogP contribution >= 0.6 is 11.8 Å². The molecule has 2 heterocycles. The summed E-state index contributed by atoms with van der Waals surface area (Å²) in [7, 11) is 0. The van der Waals surface area contributed by atoms with Crippen LogP contribution in [0.15, 0.2) is 30.3 Å². The predicted molar refractivity (Wildman–Crippen MR) is 129 cm³/mol. The van der Waals surface area contributed by atoms with E-state index in [4.69, 9.17) is 11.1 Å². The van der Waals surface area contributed by atoms with Crippen LogP contribution in [-0.4, -0.2) is 63.7 Å². The zero-order valence-corrected chi connectivity index (χ0v) is 19.1. The predicted octanol–water partition coefficient (Wildman–Crippen LogP) is 2.35. The van der Waals surface area contributed by atoms with Crippen LogP contribution in [0, 0.1) is 11.3 Å². The Labute approximate surface area is 196 Å². The summed E-state index contributed by atoms with van der Waals surface area (Å²) in [5.74, 6) is 1.21. The molecule has 33 heavy (non-hydrogen) atoms. The van der Waals surface area contributed by atoms with Gasteiger partial charge in [0, 0.05) is 41.8 Å². The van der Waals surface area contributed by atoms with Crippen LogP contribution in [-0.2, 0) is 4.79 Å². The van der Waals surface area contributed by atoms with Crippen molar-refractivity contribution in [1.29, 1.82) is 5.41 Å². The molecule has 2 aliphatic rings. The van der Waals surface area contributed by atoms with Gasteiger partial charge in [-0.1, -0.05) is 24.3 Å². The topological polar surface area (TPSA) is 145 Å². The van der Waals surface area contributed by atoms with Gasteiger partial charge in [0.25, 0.3) is 5.91 Å². The first-order valence-corrected chi connectivity index (χ1v) is 12.3. The van der Waals surface area contributed by atoms with Gasteiger partial charge in [0.15, 0.2) is 5.82 Å². The van der Waals surface area contributed by atoms with Crippen LogP contribution < -0.4 is 16.0 Å². The standard InChI is InChI=1S/C23H28N6O3S/c24-20(25)15-3-1-14(2-4-15)19-13-18(21(28-27-19)29-9-11-33-12-10-29)22(30)26-17-7-5-16(6-8-17)23(31)32/h1-4,13,16-17H,5-12H2,(H3,24,25)(H,26,30)(H,31,32)/t16-,17-. The molecule has 2 aromatic rings. The zero-order chi connectivity index (χ0) is 23.4. The minimum Gasteiger partial charge on any atom is -0.481 e. The summed E-state index contributed by atoms with van der Waals surface area (Å²) in [4.78, 5) is 26.7. The number of carbonyl (C=O) groups excluding carboxylic acids is 1. The van der Waals surface area contributed by atoms with Gasteiger partial charge in [-0.2, -0.15) is 11.8 Å². The van der Waals surface area contributed by atoms with Crippen molar-refractivity contribution < 1.29 is 14.7 Å². The summed E-state index contributed by atoms with van der Waals surface area (Å²) in [5, 5.41) is 28.7. The molecule has 0 unspecified atom stereocenters. The highest BCUT2D eigenvalue weighted by atomic mass is 32.2. The molecule has 1 aromatic heterocycles. The molecule has 0 spiro atoms. The third-order valence-electron chi connectivity index (χ3n) is 6.23. The van der Waals surface area contributed by atoms with E-state index in [1.807, 2.05) is 23.9 Å². The van der Waals surface area contributed by atoms with Crippen LogP contribution in [0.5, 0.6) is 0 Å². The number of amides is 1. The molecule has 5 N–H and O–H groups in total. The third kappa shape index (κ3) is 5.44. The van der Waals surface area contributed by atoms with Crippen molar-refractivity contribution in [1.82, 2.24) is 15.5 Å². The number of carbonyl (C=O) groups is 2. The number of carboxylic acids is 1. The molecule has 0 radical (unpaired) electrons. The second-order valence-electron chi connectivity index (χ2n) is 8.42. The molecule has 0 atom stereocenters. The second kappa shape index (κ2) is 10.2. The van der Waals surface area contributed by atoms with Crippen molar-refractivity contribution in [2.24, 2.45) is 11.7 Å². The molecule has 1 aliphatic heterocycles. The van der Waals surface area contributed by atoms with E-state index in [1.165, 1.54) is 0 Å². The molecule has 10 heteroatoms. The van der Waals surface area contributed by atoms with Gasteiger partial charge in [-0.15, -0.1) is 10.2 Å². The number of benzene rings is 1. The van der Waals surface area contributed by atoms with E-state index in [9.17, 15) is 14.7 Å². The summed E-state index contributed by atoms with van der Waals surface area (Å²) in [6.45, 7) is 1.60. The monoisotopic (exact) mass is 468 g/mol. The SMILES string of the molecule is N=C(N)c1ccc(-c2cc(C(=O)N[C@H]3CC[C@H](C(=O)O)CC3)c(N3CCSCC3)nn2)cc1. The van der Waals surface area contributed by atoms with Crippen LogP contribution in [0.2, 0.25) is 0 Å². The first-order valence-electron chi connectivity index (χ1n) is 11.1. The molecule has 9 nitrogen and oxygen atoms in total. The Bertz CT molecular complexity index is 1030. The van der Waals surface area contributed by atoms with Gasteiger partial charge in [0.1, 0.15) is 5.84 Å². The number of aromatic nitrogens is 2. The van der Waals surface area contributed by atoms with E-state index in [1.54, 1.807) is 18.2 Å². The molecule has 0 bridgehead atoms. The molecule has 4 rings (SSSR count). The van der Waals surface area contributed by atoms with Crippen molar-refractivity contribution in [2.45, 2.75) is 31.7 Å². The van der Waals surface area contributed by atoms with E-state index in [2.05, 4.69) is 20.4 Å². The molecule has 1 saturated heterocycles. The molecule has 1 aromatic carbocycles. The van der Waals surface area contributed by atoms with Crippen molar-refractivity contribution in [2.75, 3.05) is 29.5 Å². The lowest BCUT2D eigenvalue weighted by atomic mass is 9.86. The molecule has 1 aliphatic carbocycles. The number of nitrogens with two attached hydrogens (primary N) is 1. The lowest BCUT2D eigenvalue weighted by Crippen LogP contribution is -2.40. The first kappa shape index (κ1) is 23.0. The maximum absolute atomic E-state index is 13.3. The van der Waals surface area contributed by atoms with Crippen LogP contribution in [0.1, 0.15) is 41.6 Å². The van der Waals surface area contributed by atoms with Crippen molar-refractivity contribution in [3.8, 4) is 11.3 Å². The van der Waals surface area contributed by atoms with Crippen molar-refractivity contribution >= 4 is 35.3 Å². The molecular formula is C23H28N6O3S. The molecule has 2 fully saturated rings. The number of aliphatic carboxylic acids is 1. The Morgan fingerprint density at radius 2 is 1.76 bits per heavy atom. The van der Waals surface area contributed by atoms with Crippen LogP contribution in [0.25, 0.3) is 11.3 Å². The Morgan fingerprint density at radius 3 is 2.36 bits per heavy atom. The highest BCUT2D eigenvalue weighted by Gasteiger charge is 2.29. The third-order valence-corrected chi connectivity index (χ3v) is 7.18. The summed E-state index contributed by atoms with van der Waals surface area (Å²) < 4.78 is 0. The average Bonchev–Trinajstić information content (AvgIpc) is 2.84. The summed E-state index contributed by atoms with van der Waals surface area (Å²) in [6, 6.07) is 8.83. The number of thioether (sulfide) groups is 1. The number of carboxylic acid groups (broad SMARTS) is 1. The fraction of sp³-hybridized carbons (Fsp3) is 0.435. The first-order chi connectivity index (χ1) is 15.9. The highest BCUT2D eigenvalue weighted by Crippen LogP contribution is 2.28. The zero-order valence-electron chi connectivity index (χ0n) is 18.3. The quantitative estimate of drug-likeness (QED) is 0.373. The number of anilines is 1. The van der Waals surface area contributed by atoms with E-state index in [0.717, 1.165) is 30.2 Å². The minimum atomic E-state index is -0.760. The Morgan fingerprint density at radius 1 is 1.09 bits per heavy atom. The van der Waals surface area contributed by atoms with Gasteiger partial charge in [-0.05, 0) is 31.7 Å². The van der Waals surface area contributed by atoms with Crippen molar-refractivity contribution in [3.63, 3.8) is 0 Å². The van der Waals surface area contributed by atoms with Crippen LogP contribution in [0.3, 0.4) is 0 Å². The lowest BCUT2D eigenvalue weighted by Gasteiger charge is -2.30. The second-order valence-corrected chi connectivity index (χ2v) is 9.64. The van der Waals surface area contributed by atoms with E-state index < -0.39 is 5.97 Å². The molecular weight excluding hydrogens is 440 g/mol. The Balaban J connectivity index is 1.59. The van der Waals surface area contributed by atoms with E-state index >= 15 is 0 Å². The summed E-state index contributed by atoms with van der Waals surface area (Å²) in [6.07, 6.45) is 2.43. The maximum Gasteiger partial charge on any atom is 0.306 e. The number of rotatable bonds is 6.